The molecular weight excluding hydrogens is 300 g/mol. The van der Waals surface area contributed by atoms with Crippen LogP contribution in [0.25, 0.3) is 0 Å². The second-order valence-corrected chi connectivity index (χ2v) is 6.49. The highest BCUT2D eigenvalue weighted by Gasteiger charge is 2.61. The zero-order chi connectivity index (χ0) is 16.9. The van der Waals surface area contributed by atoms with Crippen LogP contribution in [0, 0.1) is 11.8 Å². The first kappa shape index (κ1) is 16.0. The second-order valence-electron chi connectivity index (χ2n) is 6.49. The van der Waals surface area contributed by atoms with Gasteiger partial charge in [-0.05, 0) is 18.4 Å². The fourth-order valence-electron chi connectivity index (χ4n) is 4.23. The van der Waals surface area contributed by atoms with Gasteiger partial charge in [0.2, 0.25) is 0 Å². The van der Waals surface area contributed by atoms with Crippen molar-refractivity contribution < 1.29 is 29.2 Å². The summed E-state index contributed by atoms with van der Waals surface area (Å²) < 4.78 is 10.9. The first-order chi connectivity index (χ1) is 10.8. The van der Waals surface area contributed by atoms with E-state index in [9.17, 15) is 14.8 Å². The van der Waals surface area contributed by atoms with Gasteiger partial charge < -0.3 is 9.47 Å². The molecular formula is C17H20O6. The van der Waals surface area contributed by atoms with Gasteiger partial charge >= 0.3 is 11.9 Å². The van der Waals surface area contributed by atoms with Crippen molar-refractivity contribution in [2.75, 3.05) is 0 Å². The fraction of sp³-hybridized carbons (Fsp3) is 0.529. The van der Waals surface area contributed by atoms with Gasteiger partial charge in [-0.25, -0.2) is 9.68 Å². The van der Waals surface area contributed by atoms with Crippen molar-refractivity contribution in [1.82, 2.24) is 0 Å². The van der Waals surface area contributed by atoms with Gasteiger partial charge in [-0.15, -0.1) is 0 Å². The lowest BCUT2D eigenvalue weighted by Gasteiger charge is -2.37. The van der Waals surface area contributed by atoms with Crippen LogP contribution in [0.2, 0.25) is 0 Å². The molecule has 3 fully saturated rings. The lowest BCUT2D eigenvalue weighted by molar-refractivity contribution is -0.323. The Labute approximate surface area is 134 Å². The van der Waals surface area contributed by atoms with E-state index in [0.29, 0.717) is 24.8 Å². The molecule has 3 aliphatic rings. The van der Waals surface area contributed by atoms with Gasteiger partial charge in [0.1, 0.15) is 17.8 Å². The molecule has 23 heavy (non-hydrogen) atoms. The number of carbonyl (C=O) groups is 2. The standard InChI is InChI=1S/C17H20O6/c1-8-5-6-17(23-20)9(2)7-12-13(10(3)16(19)22-12)15(14(8)17)21-11(4)18/h12-15,20H,1-3,5-7H2,4H3/t12-,13+,14-,15-,17-/m0/s1. The number of ether oxygens (including phenoxy) is 2. The monoisotopic (exact) mass is 320 g/mol. The third kappa shape index (κ3) is 2.16. The van der Waals surface area contributed by atoms with Crippen LogP contribution in [-0.4, -0.2) is 35.0 Å². The molecule has 0 radical (unpaired) electrons. The number of fused-ring (bicyclic) bond motifs is 2. The highest BCUT2D eigenvalue weighted by atomic mass is 17.1. The molecule has 0 unspecified atom stereocenters. The van der Waals surface area contributed by atoms with Crippen molar-refractivity contribution in [2.45, 2.75) is 44.0 Å². The number of hydrogen-bond donors (Lipinski definition) is 1. The predicted octanol–water partition coefficient (Wildman–Crippen LogP) is 2.17. The number of hydrogen-bond acceptors (Lipinski definition) is 6. The lowest BCUT2D eigenvalue weighted by atomic mass is 9.77. The van der Waals surface area contributed by atoms with E-state index in [1.165, 1.54) is 6.92 Å². The number of rotatable bonds is 2. The van der Waals surface area contributed by atoms with Crippen molar-refractivity contribution in [3.05, 3.63) is 36.5 Å². The molecule has 0 aromatic rings. The molecule has 6 heteroatoms. The quantitative estimate of drug-likeness (QED) is 0.276. The van der Waals surface area contributed by atoms with E-state index in [-0.39, 0.29) is 5.57 Å². The van der Waals surface area contributed by atoms with Gasteiger partial charge in [0, 0.05) is 18.9 Å². The van der Waals surface area contributed by atoms with E-state index in [0.717, 1.165) is 5.57 Å². The van der Waals surface area contributed by atoms with Crippen molar-refractivity contribution in [1.29, 1.82) is 0 Å². The Morgan fingerprint density at radius 3 is 2.70 bits per heavy atom. The third-order valence-electron chi connectivity index (χ3n) is 5.28. The van der Waals surface area contributed by atoms with Crippen molar-refractivity contribution in [2.24, 2.45) is 11.8 Å². The molecule has 1 heterocycles. The molecule has 0 amide bonds. The Hall–Kier alpha value is -1.92. The molecule has 1 saturated heterocycles. The molecule has 0 spiro atoms. The minimum absolute atomic E-state index is 0.266. The molecule has 5 atom stereocenters. The lowest BCUT2D eigenvalue weighted by Crippen LogP contribution is -2.46. The van der Waals surface area contributed by atoms with E-state index < -0.39 is 41.6 Å². The van der Waals surface area contributed by atoms with Crippen LogP contribution < -0.4 is 0 Å². The molecule has 2 saturated carbocycles. The summed E-state index contributed by atoms with van der Waals surface area (Å²) in [4.78, 5) is 28.4. The molecule has 1 N–H and O–H groups in total. The summed E-state index contributed by atoms with van der Waals surface area (Å²) in [6.07, 6.45) is 0.150. The van der Waals surface area contributed by atoms with Crippen LogP contribution in [0.5, 0.6) is 0 Å². The first-order valence-electron chi connectivity index (χ1n) is 7.57. The van der Waals surface area contributed by atoms with Gasteiger partial charge in [-0.2, -0.15) is 0 Å². The summed E-state index contributed by atoms with van der Waals surface area (Å²) in [5.41, 5.74) is 0.589. The molecule has 0 aromatic carbocycles. The van der Waals surface area contributed by atoms with Crippen molar-refractivity contribution in [3.8, 4) is 0 Å². The zero-order valence-corrected chi connectivity index (χ0v) is 13.0. The maximum Gasteiger partial charge on any atom is 0.334 e. The molecule has 0 bridgehead atoms. The number of carbonyl (C=O) groups excluding carboxylic acids is 2. The van der Waals surface area contributed by atoms with Gasteiger partial charge in [0.15, 0.2) is 0 Å². The molecule has 124 valence electrons. The summed E-state index contributed by atoms with van der Waals surface area (Å²) in [6.45, 7) is 13.2. The highest BCUT2D eigenvalue weighted by Crippen LogP contribution is 2.55. The van der Waals surface area contributed by atoms with Crippen LogP contribution in [-0.2, 0) is 24.0 Å². The van der Waals surface area contributed by atoms with Crippen LogP contribution in [0.4, 0.5) is 0 Å². The smallest absolute Gasteiger partial charge is 0.334 e. The number of esters is 2. The topological polar surface area (TPSA) is 82.1 Å². The minimum atomic E-state index is -1.08. The van der Waals surface area contributed by atoms with Gasteiger partial charge in [0.05, 0.1) is 11.8 Å². The molecule has 0 aromatic heterocycles. The maximum absolute atomic E-state index is 11.9. The van der Waals surface area contributed by atoms with E-state index in [2.05, 4.69) is 19.7 Å². The van der Waals surface area contributed by atoms with E-state index >= 15 is 0 Å². The summed E-state index contributed by atoms with van der Waals surface area (Å²) in [6, 6.07) is 0. The normalized spacial score (nSPS) is 39.6. The molecule has 1 aliphatic heterocycles. The second kappa shape index (κ2) is 5.32. The SMILES string of the molecule is C=C1C(=O)O[C@H]2CC(=C)[C@@]3(OO)CCC(=C)[C@H]3[C@@H](OC(C)=O)[C@H]12. The summed E-state index contributed by atoms with van der Waals surface area (Å²) in [5.74, 6) is -1.98. The molecule has 2 aliphatic carbocycles. The van der Waals surface area contributed by atoms with E-state index in [4.69, 9.17) is 14.4 Å². The summed E-state index contributed by atoms with van der Waals surface area (Å²) >= 11 is 0. The predicted molar refractivity (Wildman–Crippen MR) is 80.1 cm³/mol. The first-order valence-corrected chi connectivity index (χ1v) is 7.57. The van der Waals surface area contributed by atoms with Crippen molar-refractivity contribution >= 4 is 11.9 Å². The molecule has 6 nitrogen and oxygen atoms in total. The zero-order valence-electron chi connectivity index (χ0n) is 13.0. The Morgan fingerprint density at radius 2 is 2.09 bits per heavy atom. The Bertz CT molecular complexity index is 621. The minimum Gasteiger partial charge on any atom is -0.461 e. The Kier molecular flexibility index (Phi) is 3.69. The summed E-state index contributed by atoms with van der Waals surface area (Å²) in [5, 5.41) is 9.63. The third-order valence-corrected chi connectivity index (χ3v) is 5.28. The fourth-order valence-corrected chi connectivity index (χ4v) is 4.23. The van der Waals surface area contributed by atoms with Gasteiger partial charge in [-0.3, -0.25) is 10.1 Å². The van der Waals surface area contributed by atoms with Crippen LogP contribution >= 0.6 is 0 Å². The maximum atomic E-state index is 11.9. The highest BCUT2D eigenvalue weighted by molar-refractivity contribution is 5.91. The Morgan fingerprint density at radius 1 is 1.39 bits per heavy atom. The van der Waals surface area contributed by atoms with E-state index in [1.54, 1.807) is 0 Å². The van der Waals surface area contributed by atoms with Crippen molar-refractivity contribution in [3.63, 3.8) is 0 Å². The van der Waals surface area contributed by atoms with Crippen LogP contribution in [0.3, 0.4) is 0 Å². The van der Waals surface area contributed by atoms with Crippen LogP contribution in [0.1, 0.15) is 26.2 Å². The van der Waals surface area contributed by atoms with E-state index in [1.807, 2.05) is 0 Å². The summed E-state index contributed by atoms with van der Waals surface area (Å²) in [7, 11) is 0. The average Bonchev–Trinajstić information content (AvgIpc) is 2.92. The van der Waals surface area contributed by atoms with Gasteiger partial charge in [-0.1, -0.05) is 25.3 Å². The van der Waals surface area contributed by atoms with Gasteiger partial charge in [0.25, 0.3) is 0 Å². The largest absolute Gasteiger partial charge is 0.461 e. The molecule has 3 rings (SSSR count). The van der Waals surface area contributed by atoms with Crippen LogP contribution in [0.15, 0.2) is 36.5 Å². The average molecular weight is 320 g/mol. The Balaban J connectivity index is 2.13.